The molecule has 8 heteroatoms. The lowest BCUT2D eigenvalue weighted by molar-refractivity contribution is -0.141. The average Bonchev–Trinajstić information content (AvgIpc) is 3.11. The largest absolute Gasteiger partial charge is 0.433 e. The van der Waals surface area contributed by atoms with Crippen LogP contribution in [0.2, 0.25) is 0 Å². The van der Waals surface area contributed by atoms with Gasteiger partial charge in [-0.2, -0.15) is 13.2 Å². The minimum absolute atomic E-state index is 0.219. The molecule has 2 atom stereocenters. The number of hydrogen-bond acceptors (Lipinski definition) is 2. The molecule has 2 heterocycles. The number of pyridine rings is 1. The zero-order valence-electron chi connectivity index (χ0n) is 19.5. The van der Waals surface area contributed by atoms with Crippen molar-refractivity contribution in [3.05, 3.63) is 94.8 Å². The third kappa shape index (κ3) is 5.06. The second-order valence-corrected chi connectivity index (χ2v) is 9.66. The summed E-state index contributed by atoms with van der Waals surface area (Å²) in [5, 5.41) is 0. The van der Waals surface area contributed by atoms with Crippen LogP contribution < -0.4 is 4.90 Å². The van der Waals surface area contributed by atoms with Crippen molar-refractivity contribution in [1.29, 1.82) is 0 Å². The molecule has 1 aromatic heterocycles. The molecule has 184 valence electrons. The second kappa shape index (κ2) is 9.06. The van der Waals surface area contributed by atoms with E-state index in [-0.39, 0.29) is 18.0 Å². The lowest BCUT2D eigenvalue weighted by Crippen LogP contribution is -2.32. The van der Waals surface area contributed by atoms with Crippen molar-refractivity contribution in [2.75, 3.05) is 4.90 Å². The Labute approximate surface area is 200 Å². The molecule has 1 saturated heterocycles. The molecule has 0 saturated carbocycles. The molecule has 1 amide bonds. The lowest BCUT2D eigenvalue weighted by Gasteiger charge is -2.27. The Hall–Kier alpha value is -3.29. The molecule has 35 heavy (non-hydrogen) atoms. The molecule has 2 aromatic carbocycles. The minimum Gasteiger partial charge on any atom is -0.305 e. The molecular formula is C27H25F5N2O. The van der Waals surface area contributed by atoms with E-state index in [1.807, 2.05) is 19.1 Å². The van der Waals surface area contributed by atoms with E-state index >= 15 is 0 Å². The van der Waals surface area contributed by atoms with Gasteiger partial charge >= 0.3 is 6.18 Å². The van der Waals surface area contributed by atoms with Gasteiger partial charge in [0.15, 0.2) is 11.6 Å². The molecule has 0 unspecified atom stereocenters. The fraction of sp³-hybridized carbons (Fsp3) is 0.333. The van der Waals surface area contributed by atoms with Gasteiger partial charge in [0.1, 0.15) is 5.69 Å². The van der Waals surface area contributed by atoms with E-state index in [1.54, 1.807) is 30.9 Å². The third-order valence-corrected chi connectivity index (χ3v) is 6.54. The maximum Gasteiger partial charge on any atom is 0.433 e. The number of halogens is 5. The number of anilines is 1. The molecule has 0 bridgehead atoms. The van der Waals surface area contributed by atoms with Gasteiger partial charge in [-0.15, -0.1) is 0 Å². The Morgan fingerprint density at radius 1 is 0.943 bits per heavy atom. The number of alkyl halides is 3. The highest BCUT2D eigenvalue weighted by Gasteiger charge is 2.44. The molecule has 0 N–H and O–H groups in total. The van der Waals surface area contributed by atoms with Gasteiger partial charge in [-0.05, 0) is 61.7 Å². The van der Waals surface area contributed by atoms with Crippen LogP contribution in [0.4, 0.5) is 27.6 Å². The maximum atomic E-state index is 14.1. The number of hydrogen-bond donors (Lipinski definition) is 0. The number of nitrogens with zero attached hydrogens (tertiary/aromatic N) is 2. The van der Waals surface area contributed by atoms with Crippen molar-refractivity contribution in [3.63, 3.8) is 0 Å². The van der Waals surface area contributed by atoms with Crippen molar-refractivity contribution >= 4 is 11.6 Å². The van der Waals surface area contributed by atoms with Gasteiger partial charge in [0.05, 0.1) is 6.04 Å². The molecule has 0 aliphatic carbocycles. The van der Waals surface area contributed by atoms with Crippen LogP contribution in [0.15, 0.2) is 60.7 Å². The van der Waals surface area contributed by atoms with Crippen molar-refractivity contribution in [3.8, 4) is 0 Å². The summed E-state index contributed by atoms with van der Waals surface area (Å²) in [6, 6.07) is 14.1. The van der Waals surface area contributed by atoms with Crippen LogP contribution in [0, 0.1) is 24.5 Å². The fourth-order valence-electron chi connectivity index (χ4n) is 4.70. The standard InChI is InChI=1S/C27H25F5N2O/c1-16-7-10-19(11-8-16)34-22(17-9-12-20(28)21(29)13-17)14-18(25(34)35)15-26(2,3)23-5-4-6-24(33-23)27(30,31)32/h4-13,18,22H,14-15H2,1-3H3/t18-,22+/m0/s1. The number of benzene rings is 2. The third-order valence-electron chi connectivity index (χ3n) is 6.54. The maximum absolute atomic E-state index is 14.1. The Morgan fingerprint density at radius 2 is 1.60 bits per heavy atom. The first kappa shape index (κ1) is 24.8. The highest BCUT2D eigenvalue weighted by atomic mass is 19.4. The molecule has 3 aromatic rings. The van der Waals surface area contributed by atoms with E-state index in [4.69, 9.17) is 0 Å². The first-order valence-electron chi connectivity index (χ1n) is 11.3. The summed E-state index contributed by atoms with van der Waals surface area (Å²) in [7, 11) is 0. The molecular weight excluding hydrogens is 463 g/mol. The van der Waals surface area contributed by atoms with Crippen LogP contribution >= 0.6 is 0 Å². The summed E-state index contributed by atoms with van der Waals surface area (Å²) in [5.74, 6) is -2.76. The van der Waals surface area contributed by atoms with E-state index in [9.17, 15) is 26.7 Å². The number of rotatable bonds is 5. The van der Waals surface area contributed by atoms with Gasteiger partial charge in [-0.1, -0.05) is 43.7 Å². The first-order chi connectivity index (χ1) is 16.4. The van der Waals surface area contributed by atoms with Crippen LogP contribution in [-0.4, -0.2) is 10.9 Å². The number of carbonyl (C=O) groups excluding carboxylic acids is 1. The summed E-state index contributed by atoms with van der Waals surface area (Å²) in [6.45, 7) is 5.42. The number of aryl methyl sites for hydroxylation is 1. The smallest absolute Gasteiger partial charge is 0.305 e. The number of aromatic nitrogens is 1. The van der Waals surface area contributed by atoms with Gasteiger partial charge in [-0.3, -0.25) is 4.79 Å². The number of carbonyl (C=O) groups is 1. The van der Waals surface area contributed by atoms with Gasteiger partial charge < -0.3 is 4.90 Å². The molecule has 1 fully saturated rings. The zero-order valence-corrected chi connectivity index (χ0v) is 19.5. The van der Waals surface area contributed by atoms with Crippen molar-refractivity contribution in [2.45, 2.75) is 51.2 Å². The zero-order chi connectivity index (χ0) is 25.5. The van der Waals surface area contributed by atoms with Gasteiger partial charge in [0.25, 0.3) is 0 Å². The summed E-state index contributed by atoms with van der Waals surface area (Å²) in [4.78, 5) is 19.0. The summed E-state index contributed by atoms with van der Waals surface area (Å²) in [5.41, 5.74) is 0.477. The number of amides is 1. The highest BCUT2D eigenvalue weighted by Crippen LogP contribution is 2.45. The van der Waals surface area contributed by atoms with E-state index in [0.717, 1.165) is 23.8 Å². The van der Waals surface area contributed by atoms with E-state index in [0.29, 0.717) is 17.7 Å². The molecule has 0 spiro atoms. The molecule has 0 radical (unpaired) electrons. The molecule has 1 aliphatic heterocycles. The Kier molecular flexibility index (Phi) is 6.42. The Balaban J connectivity index is 1.68. The van der Waals surface area contributed by atoms with Crippen LogP contribution in [0.1, 0.15) is 55.2 Å². The normalized spacial score (nSPS) is 18.9. The van der Waals surface area contributed by atoms with Crippen molar-refractivity contribution < 1.29 is 26.7 Å². The van der Waals surface area contributed by atoms with Crippen LogP contribution in [0.3, 0.4) is 0 Å². The van der Waals surface area contributed by atoms with E-state index in [1.165, 1.54) is 18.2 Å². The van der Waals surface area contributed by atoms with Gasteiger partial charge in [-0.25, -0.2) is 13.8 Å². The quantitative estimate of drug-likeness (QED) is 0.358. The summed E-state index contributed by atoms with van der Waals surface area (Å²) in [6.07, 6.45) is -4.03. The minimum atomic E-state index is -4.57. The topological polar surface area (TPSA) is 33.2 Å². The van der Waals surface area contributed by atoms with E-state index < -0.39 is 40.9 Å². The predicted molar refractivity (Wildman–Crippen MR) is 123 cm³/mol. The fourth-order valence-corrected chi connectivity index (χ4v) is 4.70. The summed E-state index contributed by atoms with van der Waals surface area (Å²) >= 11 is 0. The van der Waals surface area contributed by atoms with Crippen LogP contribution in [-0.2, 0) is 16.4 Å². The second-order valence-electron chi connectivity index (χ2n) is 9.66. The lowest BCUT2D eigenvalue weighted by atomic mass is 9.78. The average molecular weight is 489 g/mol. The summed E-state index contributed by atoms with van der Waals surface area (Å²) < 4.78 is 67.3. The van der Waals surface area contributed by atoms with Crippen molar-refractivity contribution in [1.82, 2.24) is 4.98 Å². The van der Waals surface area contributed by atoms with Crippen molar-refractivity contribution in [2.24, 2.45) is 5.92 Å². The Bertz CT molecular complexity index is 1240. The van der Waals surface area contributed by atoms with E-state index in [2.05, 4.69) is 4.98 Å². The predicted octanol–water partition coefficient (Wildman–Crippen LogP) is 7.15. The molecule has 3 nitrogen and oxygen atoms in total. The van der Waals surface area contributed by atoms with Crippen LogP contribution in [0.25, 0.3) is 0 Å². The molecule has 4 rings (SSSR count). The van der Waals surface area contributed by atoms with Gasteiger partial charge in [0, 0.05) is 22.7 Å². The van der Waals surface area contributed by atoms with Gasteiger partial charge in [0.2, 0.25) is 5.91 Å². The van der Waals surface area contributed by atoms with Crippen LogP contribution in [0.5, 0.6) is 0 Å². The monoisotopic (exact) mass is 488 g/mol. The molecule has 1 aliphatic rings. The first-order valence-corrected chi connectivity index (χ1v) is 11.3. The SMILES string of the molecule is Cc1ccc(N2C(=O)[C@H](CC(C)(C)c3cccc(C(F)(F)F)n3)C[C@@H]2c2ccc(F)c(F)c2)cc1. The Morgan fingerprint density at radius 3 is 2.23 bits per heavy atom. The highest BCUT2D eigenvalue weighted by molar-refractivity contribution is 5.98.